The first-order valence-corrected chi connectivity index (χ1v) is 10.4. The topological polar surface area (TPSA) is 84.9 Å². The number of methoxy groups -OCH3 is 1. The molecule has 2 aromatic rings. The Balaban J connectivity index is 1.72. The number of alkyl carbamates (subject to hydrolysis) is 1. The summed E-state index contributed by atoms with van der Waals surface area (Å²) in [7, 11) is 1.31. The number of amides is 2. The van der Waals surface area contributed by atoms with Crippen LogP contribution in [0.3, 0.4) is 0 Å². The maximum absolute atomic E-state index is 13.5. The first kappa shape index (κ1) is 22.3. The highest BCUT2D eigenvalue weighted by atomic mass is 16.5. The van der Waals surface area contributed by atoms with Crippen LogP contribution in [0, 0.1) is 0 Å². The van der Waals surface area contributed by atoms with E-state index in [2.05, 4.69) is 5.32 Å². The third kappa shape index (κ3) is 5.63. The highest BCUT2D eigenvalue weighted by Crippen LogP contribution is 2.38. The van der Waals surface area contributed by atoms with Gasteiger partial charge in [-0.1, -0.05) is 67.6 Å². The second-order valence-electron chi connectivity index (χ2n) is 7.63. The average molecular weight is 424 g/mol. The monoisotopic (exact) mass is 424 g/mol. The summed E-state index contributed by atoms with van der Waals surface area (Å²) in [6.45, 7) is 2.19. The van der Waals surface area contributed by atoms with Crippen LogP contribution in [-0.2, 0) is 32.2 Å². The van der Waals surface area contributed by atoms with Crippen molar-refractivity contribution in [3.63, 3.8) is 0 Å². The molecule has 3 rings (SSSR count). The van der Waals surface area contributed by atoms with E-state index in [4.69, 9.17) is 9.47 Å². The number of nitrogens with zero attached hydrogens (tertiary/aromatic N) is 1. The molecule has 1 fully saturated rings. The summed E-state index contributed by atoms with van der Waals surface area (Å²) < 4.78 is 10.2. The van der Waals surface area contributed by atoms with Crippen LogP contribution in [0.2, 0.25) is 0 Å². The number of ether oxygens (including phenoxy) is 2. The minimum Gasteiger partial charge on any atom is -0.467 e. The third-order valence-corrected chi connectivity index (χ3v) is 5.41. The fourth-order valence-corrected chi connectivity index (χ4v) is 3.50. The first-order chi connectivity index (χ1) is 15.0. The van der Waals surface area contributed by atoms with Crippen LogP contribution in [0.4, 0.5) is 4.79 Å². The van der Waals surface area contributed by atoms with Gasteiger partial charge >= 0.3 is 12.1 Å². The van der Waals surface area contributed by atoms with E-state index < -0.39 is 23.6 Å². The lowest BCUT2D eigenvalue weighted by Gasteiger charge is -2.33. The van der Waals surface area contributed by atoms with Gasteiger partial charge in [0.25, 0.3) is 0 Å². The van der Waals surface area contributed by atoms with Crippen LogP contribution in [0.15, 0.2) is 60.7 Å². The fraction of sp³-hybridized carbons (Fsp3) is 0.375. The van der Waals surface area contributed by atoms with Crippen molar-refractivity contribution < 1.29 is 23.9 Å². The molecule has 1 saturated carbocycles. The number of hydrogen-bond acceptors (Lipinski definition) is 5. The van der Waals surface area contributed by atoms with Crippen molar-refractivity contribution in [2.75, 3.05) is 7.11 Å². The van der Waals surface area contributed by atoms with Gasteiger partial charge < -0.3 is 19.7 Å². The van der Waals surface area contributed by atoms with Gasteiger partial charge in [-0.05, 0) is 30.4 Å². The molecule has 2 amide bonds. The Morgan fingerprint density at radius 2 is 1.58 bits per heavy atom. The van der Waals surface area contributed by atoms with Crippen molar-refractivity contribution in [1.82, 2.24) is 10.2 Å². The summed E-state index contributed by atoms with van der Waals surface area (Å²) in [5.74, 6) is -0.778. The molecule has 1 aliphatic carbocycles. The summed E-state index contributed by atoms with van der Waals surface area (Å²) in [6, 6.07) is 18.0. The molecule has 7 nitrogen and oxygen atoms in total. The molecule has 7 heteroatoms. The standard InChI is InChI=1S/C24H28N2O5/c1-3-20(21(27)30-2)26(16-18-10-6-4-7-11-18)22(28)24(14-15-24)25-23(29)31-17-19-12-8-5-9-13-19/h4-13,20H,3,14-17H2,1-2H3,(H,25,29)/t20-/m0/s1. The quantitative estimate of drug-likeness (QED) is 0.624. The predicted octanol–water partition coefficient (Wildman–Crippen LogP) is 3.43. The largest absolute Gasteiger partial charge is 0.467 e. The van der Waals surface area contributed by atoms with E-state index in [1.807, 2.05) is 67.6 Å². The molecule has 1 aliphatic rings. The molecule has 2 aromatic carbocycles. The number of nitrogens with one attached hydrogen (secondary N) is 1. The van der Waals surface area contributed by atoms with Crippen molar-refractivity contribution >= 4 is 18.0 Å². The van der Waals surface area contributed by atoms with Crippen LogP contribution in [0.25, 0.3) is 0 Å². The van der Waals surface area contributed by atoms with Gasteiger partial charge in [0.1, 0.15) is 18.2 Å². The molecule has 31 heavy (non-hydrogen) atoms. The predicted molar refractivity (Wildman–Crippen MR) is 115 cm³/mol. The minimum absolute atomic E-state index is 0.115. The molecule has 164 valence electrons. The normalized spacial score (nSPS) is 14.8. The van der Waals surface area contributed by atoms with E-state index in [-0.39, 0.29) is 19.1 Å². The molecule has 0 heterocycles. The lowest BCUT2D eigenvalue weighted by Crippen LogP contribution is -2.55. The summed E-state index contributed by atoms with van der Waals surface area (Å²) in [5.41, 5.74) is 0.696. The van der Waals surface area contributed by atoms with Gasteiger partial charge in [0.05, 0.1) is 7.11 Å². The number of rotatable bonds is 9. The van der Waals surface area contributed by atoms with Crippen molar-refractivity contribution in [2.45, 2.75) is 50.9 Å². The summed E-state index contributed by atoms with van der Waals surface area (Å²) in [4.78, 5) is 39.8. The van der Waals surface area contributed by atoms with Gasteiger partial charge in [0.15, 0.2) is 0 Å². The van der Waals surface area contributed by atoms with Crippen LogP contribution in [0.1, 0.15) is 37.3 Å². The van der Waals surface area contributed by atoms with Gasteiger partial charge in [-0.15, -0.1) is 0 Å². The lowest BCUT2D eigenvalue weighted by molar-refractivity contribution is -0.154. The van der Waals surface area contributed by atoms with Gasteiger partial charge in [0.2, 0.25) is 5.91 Å². The summed E-state index contributed by atoms with van der Waals surface area (Å²) in [5, 5.41) is 2.74. The fourth-order valence-electron chi connectivity index (χ4n) is 3.50. The molecular weight excluding hydrogens is 396 g/mol. The number of esters is 1. The molecule has 0 radical (unpaired) electrons. The highest BCUT2D eigenvalue weighted by molar-refractivity contribution is 5.95. The summed E-state index contributed by atoms with van der Waals surface area (Å²) in [6.07, 6.45) is 0.741. The maximum Gasteiger partial charge on any atom is 0.408 e. The Morgan fingerprint density at radius 3 is 2.10 bits per heavy atom. The Kier molecular flexibility index (Phi) is 7.28. The van der Waals surface area contributed by atoms with E-state index in [0.717, 1.165) is 11.1 Å². The van der Waals surface area contributed by atoms with Crippen molar-refractivity contribution in [2.24, 2.45) is 0 Å². The smallest absolute Gasteiger partial charge is 0.408 e. The molecule has 0 aliphatic heterocycles. The molecule has 0 spiro atoms. The minimum atomic E-state index is -1.05. The third-order valence-electron chi connectivity index (χ3n) is 5.41. The Bertz CT molecular complexity index is 897. The second kappa shape index (κ2) is 10.1. The van der Waals surface area contributed by atoms with E-state index in [1.54, 1.807) is 0 Å². The number of carbonyl (C=O) groups excluding carboxylic acids is 3. The zero-order valence-corrected chi connectivity index (χ0v) is 17.9. The molecule has 0 aromatic heterocycles. The van der Waals surface area contributed by atoms with Crippen molar-refractivity contribution in [1.29, 1.82) is 0 Å². The highest BCUT2D eigenvalue weighted by Gasteiger charge is 2.54. The molecule has 1 atom stereocenters. The second-order valence-corrected chi connectivity index (χ2v) is 7.63. The van der Waals surface area contributed by atoms with Crippen LogP contribution >= 0.6 is 0 Å². The molecule has 0 bridgehead atoms. The lowest BCUT2D eigenvalue weighted by atomic mass is 10.1. The molecular formula is C24H28N2O5. The van der Waals surface area contributed by atoms with Gasteiger partial charge in [-0.25, -0.2) is 9.59 Å². The number of hydrogen-bond donors (Lipinski definition) is 1. The summed E-state index contributed by atoms with van der Waals surface area (Å²) >= 11 is 0. The van der Waals surface area contributed by atoms with Crippen LogP contribution in [0.5, 0.6) is 0 Å². The first-order valence-electron chi connectivity index (χ1n) is 10.4. The van der Waals surface area contributed by atoms with E-state index >= 15 is 0 Å². The van der Waals surface area contributed by atoms with Crippen molar-refractivity contribution in [3.8, 4) is 0 Å². The average Bonchev–Trinajstić information content (AvgIpc) is 3.58. The van der Waals surface area contributed by atoms with E-state index in [1.165, 1.54) is 12.0 Å². The molecule has 1 N–H and O–H groups in total. The van der Waals surface area contributed by atoms with Gasteiger partial charge in [-0.3, -0.25) is 4.79 Å². The maximum atomic E-state index is 13.5. The number of benzene rings is 2. The Hall–Kier alpha value is -3.35. The van der Waals surface area contributed by atoms with Crippen molar-refractivity contribution in [3.05, 3.63) is 71.8 Å². The molecule has 0 unspecified atom stereocenters. The van der Waals surface area contributed by atoms with Gasteiger partial charge in [-0.2, -0.15) is 0 Å². The Labute approximate surface area is 182 Å². The zero-order chi connectivity index (χ0) is 22.3. The van der Waals surface area contributed by atoms with E-state index in [9.17, 15) is 14.4 Å². The van der Waals surface area contributed by atoms with Crippen LogP contribution < -0.4 is 5.32 Å². The van der Waals surface area contributed by atoms with Crippen LogP contribution in [-0.4, -0.2) is 41.6 Å². The number of carbonyl (C=O) groups is 3. The van der Waals surface area contributed by atoms with E-state index in [0.29, 0.717) is 19.3 Å². The Morgan fingerprint density at radius 1 is 1.00 bits per heavy atom. The zero-order valence-electron chi connectivity index (χ0n) is 17.9. The SMILES string of the molecule is CC[C@@H](C(=O)OC)N(Cc1ccccc1)C(=O)C1(NC(=O)OCc2ccccc2)CC1. The molecule has 0 saturated heterocycles. The van der Waals surface area contributed by atoms with Gasteiger partial charge in [0, 0.05) is 6.54 Å².